The van der Waals surface area contributed by atoms with Gasteiger partial charge in [0.25, 0.3) is 0 Å². The van der Waals surface area contributed by atoms with Crippen molar-refractivity contribution in [3.63, 3.8) is 0 Å². The van der Waals surface area contributed by atoms with E-state index in [0.29, 0.717) is 32.0 Å². The van der Waals surface area contributed by atoms with E-state index in [9.17, 15) is 9.90 Å². The molecule has 0 saturated carbocycles. The summed E-state index contributed by atoms with van der Waals surface area (Å²) in [6, 6.07) is 8.83. The Labute approximate surface area is 141 Å². The number of urea groups is 1. The van der Waals surface area contributed by atoms with E-state index in [1.165, 1.54) is 0 Å². The van der Waals surface area contributed by atoms with Crippen molar-refractivity contribution < 1.29 is 9.90 Å². The lowest BCUT2D eigenvalue weighted by atomic mass is 10.1. The number of carbonyl (C=O) groups excluding carboxylic acids is 1. The van der Waals surface area contributed by atoms with Crippen LogP contribution in [0.2, 0.25) is 0 Å². The topological polar surface area (TPSA) is 81.6 Å². The third-order valence-corrected chi connectivity index (χ3v) is 4.00. The molecule has 1 aromatic carbocycles. The fourth-order valence-corrected chi connectivity index (χ4v) is 2.70. The van der Waals surface area contributed by atoms with Crippen LogP contribution in [0.3, 0.4) is 0 Å². The number of hydrogen-bond acceptors (Lipinski definition) is 5. The molecule has 2 heterocycles. The summed E-state index contributed by atoms with van der Waals surface area (Å²) in [7, 11) is 0. The zero-order valence-electron chi connectivity index (χ0n) is 13.4. The van der Waals surface area contributed by atoms with Crippen LogP contribution >= 0.6 is 0 Å². The second kappa shape index (κ2) is 7.63. The number of anilines is 1. The Bertz CT molecular complexity index is 672. The molecule has 2 N–H and O–H groups in total. The van der Waals surface area contributed by atoms with Crippen LogP contribution in [0.1, 0.15) is 5.56 Å². The van der Waals surface area contributed by atoms with Crippen molar-refractivity contribution >= 4 is 12.0 Å². The number of phenols is 1. The van der Waals surface area contributed by atoms with E-state index < -0.39 is 0 Å². The average Bonchev–Trinajstić information content (AvgIpc) is 2.63. The van der Waals surface area contributed by atoms with Crippen LogP contribution in [0.15, 0.2) is 42.7 Å². The lowest BCUT2D eigenvalue weighted by molar-refractivity contribution is 0.194. The largest absolute Gasteiger partial charge is 0.508 e. The van der Waals surface area contributed by atoms with Gasteiger partial charge in [-0.2, -0.15) is 0 Å². The zero-order chi connectivity index (χ0) is 16.8. The minimum Gasteiger partial charge on any atom is -0.508 e. The number of nitrogens with one attached hydrogen (secondary N) is 1. The molecule has 2 amide bonds. The summed E-state index contributed by atoms with van der Waals surface area (Å²) in [5.74, 6) is 0.958. The van der Waals surface area contributed by atoms with E-state index in [0.717, 1.165) is 18.7 Å². The summed E-state index contributed by atoms with van der Waals surface area (Å²) in [6.07, 6.45) is 4.14. The van der Waals surface area contributed by atoms with Crippen LogP contribution in [0.25, 0.3) is 0 Å². The number of aromatic nitrogens is 2. The molecule has 2 aromatic rings. The normalized spacial score (nSPS) is 14.5. The first kappa shape index (κ1) is 16.0. The highest BCUT2D eigenvalue weighted by atomic mass is 16.3. The maximum absolute atomic E-state index is 12.2. The van der Waals surface area contributed by atoms with Gasteiger partial charge in [-0.3, -0.25) is 0 Å². The van der Waals surface area contributed by atoms with Crippen LogP contribution in [0.4, 0.5) is 10.7 Å². The van der Waals surface area contributed by atoms with Gasteiger partial charge in [-0.1, -0.05) is 12.1 Å². The first-order valence-electron chi connectivity index (χ1n) is 8.05. The van der Waals surface area contributed by atoms with Crippen LogP contribution < -0.4 is 10.2 Å². The minimum absolute atomic E-state index is 0.0521. The highest BCUT2D eigenvalue weighted by Crippen LogP contribution is 2.11. The molecule has 24 heavy (non-hydrogen) atoms. The Morgan fingerprint density at radius 1 is 1.12 bits per heavy atom. The van der Waals surface area contributed by atoms with Crippen molar-refractivity contribution in [3.05, 3.63) is 48.3 Å². The van der Waals surface area contributed by atoms with Crippen molar-refractivity contribution in [1.82, 2.24) is 20.2 Å². The van der Waals surface area contributed by atoms with Crippen LogP contribution in [0, 0.1) is 0 Å². The maximum Gasteiger partial charge on any atom is 0.317 e. The first-order valence-corrected chi connectivity index (χ1v) is 8.05. The lowest BCUT2D eigenvalue weighted by Gasteiger charge is -2.34. The minimum atomic E-state index is -0.0521. The molecule has 0 bridgehead atoms. The second-order valence-corrected chi connectivity index (χ2v) is 5.67. The average molecular weight is 327 g/mol. The number of phenolic OH excluding ortho intramolecular Hbond substituents is 1. The molecule has 0 radical (unpaired) electrons. The molecule has 1 saturated heterocycles. The van der Waals surface area contributed by atoms with Crippen molar-refractivity contribution in [2.75, 3.05) is 37.6 Å². The summed E-state index contributed by atoms with van der Waals surface area (Å²) in [4.78, 5) is 24.6. The number of benzene rings is 1. The van der Waals surface area contributed by atoms with Gasteiger partial charge in [0.1, 0.15) is 5.75 Å². The predicted molar refractivity (Wildman–Crippen MR) is 91.0 cm³/mol. The Morgan fingerprint density at radius 3 is 2.58 bits per heavy atom. The molecular weight excluding hydrogens is 306 g/mol. The molecular formula is C17H21N5O2. The summed E-state index contributed by atoms with van der Waals surface area (Å²) >= 11 is 0. The van der Waals surface area contributed by atoms with Crippen molar-refractivity contribution in [1.29, 1.82) is 0 Å². The predicted octanol–water partition coefficient (Wildman–Crippen LogP) is 1.26. The fraction of sp³-hybridized carbons (Fsp3) is 0.353. The molecule has 1 aliphatic rings. The molecule has 126 valence electrons. The van der Waals surface area contributed by atoms with Crippen molar-refractivity contribution in [2.45, 2.75) is 6.42 Å². The molecule has 1 fully saturated rings. The second-order valence-electron chi connectivity index (χ2n) is 5.67. The maximum atomic E-state index is 12.2. The summed E-state index contributed by atoms with van der Waals surface area (Å²) in [6.45, 7) is 3.30. The van der Waals surface area contributed by atoms with Gasteiger partial charge in [-0.25, -0.2) is 14.8 Å². The monoisotopic (exact) mass is 327 g/mol. The molecule has 3 rings (SSSR count). The molecule has 0 aliphatic carbocycles. The van der Waals surface area contributed by atoms with Crippen molar-refractivity contribution in [2.24, 2.45) is 0 Å². The Hall–Kier alpha value is -2.83. The smallest absolute Gasteiger partial charge is 0.317 e. The number of amides is 2. The van der Waals surface area contributed by atoms with Gasteiger partial charge in [0.05, 0.1) is 0 Å². The fourth-order valence-electron chi connectivity index (χ4n) is 2.70. The number of rotatable bonds is 4. The molecule has 0 spiro atoms. The van der Waals surface area contributed by atoms with E-state index in [1.807, 2.05) is 11.0 Å². The molecule has 7 nitrogen and oxygen atoms in total. The van der Waals surface area contributed by atoms with Gasteiger partial charge in [-0.05, 0) is 30.2 Å². The molecule has 1 aliphatic heterocycles. The Balaban J connectivity index is 1.42. The number of carbonyl (C=O) groups is 1. The molecule has 7 heteroatoms. The zero-order valence-corrected chi connectivity index (χ0v) is 13.4. The highest BCUT2D eigenvalue weighted by Gasteiger charge is 2.21. The quantitative estimate of drug-likeness (QED) is 0.883. The summed E-state index contributed by atoms with van der Waals surface area (Å²) in [5, 5.41) is 12.4. The number of hydrogen-bond donors (Lipinski definition) is 2. The van der Waals surface area contributed by atoms with Crippen LogP contribution in [-0.2, 0) is 6.42 Å². The van der Waals surface area contributed by atoms with Crippen LogP contribution in [-0.4, -0.2) is 58.7 Å². The molecule has 0 atom stereocenters. The Kier molecular flexibility index (Phi) is 5.10. The van der Waals surface area contributed by atoms with Crippen LogP contribution in [0.5, 0.6) is 5.75 Å². The van der Waals surface area contributed by atoms with E-state index in [2.05, 4.69) is 20.2 Å². The van der Waals surface area contributed by atoms with E-state index in [1.54, 1.807) is 36.7 Å². The lowest BCUT2D eigenvalue weighted by Crippen LogP contribution is -2.52. The third kappa shape index (κ3) is 4.13. The van der Waals surface area contributed by atoms with Gasteiger partial charge >= 0.3 is 6.03 Å². The van der Waals surface area contributed by atoms with Crippen molar-refractivity contribution in [3.8, 4) is 5.75 Å². The first-order chi connectivity index (χ1) is 11.7. The van der Waals surface area contributed by atoms with Gasteiger partial charge in [0.15, 0.2) is 0 Å². The Morgan fingerprint density at radius 2 is 1.88 bits per heavy atom. The number of piperazine rings is 1. The summed E-state index contributed by atoms with van der Waals surface area (Å²) in [5.41, 5.74) is 1.00. The molecule has 1 aromatic heterocycles. The van der Waals surface area contributed by atoms with E-state index >= 15 is 0 Å². The SMILES string of the molecule is O=C(NCCc1cccc(O)c1)N1CCN(c2ncccn2)CC1. The van der Waals surface area contributed by atoms with Gasteiger partial charge in [0.2, 0.25) is 5.95 Å². The van der Waals surface area contributed by atoms with Gasteiger partial charge in [0, 0.05) is 45.1 Å². The molecule has 0 unspecified atom stereocenters. The standard InChI is InChI=1S/C17H21N5O2/c23-15-4-1-3-14(13-15)5-8-20-17(24)22-11-9-21(10-12-22)16-18-6-2-7-19-16/h1-4,6-7,13,23H,5,8-12H2,(H,20,24). The van der Waals surface area contributed by atoms with E-state index in [4.69, 9.17) is 0 Å². The van der Waals surface area contributed by atoms with Gasteiger partial charge in [-0.15, -0.1) is 0 Å². The van der Waals surface area contributed by atoms with E-state index in [-0.39, 0.29) is 11.8 Å². The highest BCUT2D eigenvalue weighted by molar-refractivity contribution is 5.74. The van der Waals surface area contributed by atoms with Gasteiger partial charge < -0.3 is 20.2 Å². The third-order valence-electron chi connectivity index (χ3n) is 4.00. The summed E-state index contributed by atoms with van der Waals surface area (Å²) < 4.78 is 0. The number of aromatic hydroxyl groups is 1. The number of nitrogens with zero attached hydrogens (tertiary/aromatic N) is 4.